The molecule has 0 atom stereocenters. The Balaban J connectivity index is 2.33. The molecular weight excluding hydrogens is 252 g/mol. The summed E-state index contributed by atoms with van der Waals surface area (Å²) in [6.07, 6.45) is 0.918. The SMILES string of the molecule is CC(C)CN1CCc2nc(C(C)C)c(C(=O)O)cc2C1. The number of carboxylic acid groups (broad SMARTS) is 1. The van der Waals surface area contributed by atoms with Crippen LogP contribution in [0.15, 0.2) is 6.07 Å². The van der Waals surface area contributed by atoms with Gasteiger partial charge in [-0.3, -0.25) is 9.88 Å². The van der Waals surface area contributed by atoms with E-state index in [0.717, 1.165) is 37.3 Å². The summed E-state index contributed by atoms with van der Waals surface area (Å²) in [6, 6.07) is 1.84. The molecule has 1 aromatic rings. The van der Waals surface area contributed by atoms with Crippen LogP contribution in [0.5, 0.6) is 0 Å². The fourth-order valence-corrected chi connectivity index (χ4v) is 2.83. The molecule has 0 bridgehead atoms. The molecule has 4 nitrogen and oxygen atoms in total. The third-order valence-corrected chi connectivity index (χ3v) is 3.68. The summed E-state index contributed by atoms with van der Waals surface area (Å²) in [5, 5.41) is 9.37. The van der Waals surface area contributed by atoms with Crippen LogP contribution in [-0.2, 0) is 13.0 Å². The molecule has 1 aromatic heterocycles. The number of fused-ring (bicyclic) bond motifs is 1. The maximum Gasteiger partial charge on any atom is 0.337 e. The van der Waals surface area contributed by atoms with Crippen LogP contribution in [0.2, 0.25) is 0 Å². The summed E-state index contributed by atoms with van der Waals surface area (Å²) < 4.78 is 0. The number of aromatic carboxylic acids is 1. The van der Waals surface area contributed by atoms with Crippen LogP contribution in [0.4, 0.5) is 0 Å². The predicted molar refractivity (Wildman–Crippen MR) is 79.1 cm³/mol. The van der Waals surface area contributed by atoms with Crippen molar-refractivity contribution in [3.05, 3.63) is 28.6 Å². The maximum atomic E-state index is 11.4. The first kappa shape index (κ1) is 15.0. The normalized spacial score (nSPS) is 15.7. The fraction of sp³-hybridized carbons (Fsp3) is 0.625. The van der Waals surface area contributed by atoms with E-state index in [2.05, 4.69) is 23.7 Å². The van der Waals surface area contributed by atoms with Crippen molar-refractivity contribution < 1.29 is 9.90 Å². The molecular formula is C16H24N2O2. The Kier molecular flexibility index (Phi) is 4.43. The monoisotopic (exact) mass is 276 g/mol. The van der Waals surface area contributed by atoms with Crippen LogP contribution in [0.3, 0.4) is 0 Å². The molecule has 0 fully saturated rings. The number of rotatable bonds is 4. The van der Waals surface area contributed by atoms with Gasteiger partial charge in [-0.15, -0.1) is 0 Å². The van der Waals surface area contributed by atoms with E-state index in [-0.39, 0.29) is 5.92 Å². The van der Waals surface area contributed by atoms with Crippen LogP contribution in [0.25, 0.3) is 0 Å². The molecule has 0 amide bonds. The van der Waals surface area contributed by atoms with Gasteiger partial charge >= 0.3 is 5.97 Å². The molecule has 0 unspecified atom stereocenters. The third-order valence-electron chi connectivity index (χ3n) is 3.68. The topological polar surface area (TPSA) is 53.4 Å². The van der Waals surface area contributed by atoms with Gasteiger partial charge in [-0.25, -0.2) is 4.79 Å². The zero-order valence-electron chi connectivity index (χ0n) is 12.8. The first-order valence-corrected chi connectivity index (χ1v) is 7.36. The second-order valence-corrected chi connectivity index (χ2v) is 6.37. The lowest BCUT2D eigenvalue weighted by Gasteiger charge is -2.30. The summed E-state index contributed by atoms with van der Waals surface area (Å²) in [5.41, 5.74) is 3.25. The van der Waals surface area contributed by atoms with Gasteiger partial charge in [0.2, 0.25) is 0 Å². The zero-order chi connectivity index (χ0) is 14.9. The molecule has 20 heavy (non-hydrogen) atoms. The minimum atomic E-state index is -0.870. The number of hydrogen-bond donors (Lipinski definition) is 1. The highest BCUT2D eigenvalue weighted by atomic mass is 16.4. The van der Waals surface area contributed by atoms with Crippen molar-refractivity contribution in [2.24, 2.45) is 5.92 Å². The molecule has 0 aromatic carbocycles. The Hall–Kier alpha value is -1.42. The molecule has 2 heterocycles. The number of hydrogen-bond acceptors (Lipinski definition) is 3. The highest BCUT2D eigenvalue weighted by molar-refractivity contribution is 5.89. The Bertz CT molecular complexity index is 509. The summed E-state index contributed by atoms with van der Waals surface area (Å²) in [4.78, 5) is 18.4. The first-order chi connectivity index (χ1) is 9.38. The second kappa shape index (κ2) is 5.92. The average molecular weight is 276 g/mol. The summed E-state index contributed by atoms with van der Waals surface area (Å²) in [6.45, 7) is 11.3. The molecule has 110 valence electrons. The summed E-state index contributed by atoms with van der Waals surface area (Å²) in [5.74, 6) is -0.108. The largest absolute Gasteiger partial charge is 0.478 e. The van der Waals surface area contributed by atoms with E-state index in [4.69, 9.17) is 0 Å². The average Bonchev–Trinajstić information content (AvgIpc) is 2.36. The third kappa shape index (κ3) is 3.18. The number of carbonyl (C=O) groups is 1. The van der Waals surface area contributed by atoms with E-state index in [1.54, 1.807) is 0 Å². The van der Waals surface area contributed by atoms with Gasteiger partial charge in [-0.05, 0) is 23.5 Å². The van der Waals surface area contributed by atoms with Crippen molar-refractivity contribution in [3.63, 3.8) is 0 Å². The van der Waals surface area contributed by atoms with Gasteiger partial charge in [0, 0.05) is 31.7 Å². The van der Waals surface area contributed by atoms with E-state index >= 15 is 0 Å². The minimum Gasteiger partial charge on any atom is -0.478 e. The lowest BCUT2D eigenvalue weighted by molar-refractivity contribution is 0.0694. The van der Waals surface area contributed by atoms with Crippen LogP contribution < -0.4 is 0 Å². The van der Waals surface area contributed by atoms with Crippen molar-refractivity contribution in [2.75, 3.05) is 13.1 Å². The Morgan fingerprint density at radius 2 is 2.10 bits per heavy atom. The van der Waals surface area contributed by atoms with Crippen molar-refractivity contribution in [3.8, 4) is 0 Å². The van der Waals surface area contributed by atoms with E-state index in [0.29, 0.717) is 17.2 Å². The molecule has 0 aliphatic carbocycles. The molecule has 1 N–H and O–H groups in total. The van der Waals surface area contributed by atoms with Crippen LogP contribution in [-0.4, -0.2) is 34.0 Å². The Labute approximate surface area is 120 Å². The van der Waals surface area contributed by atoms with E-state index in [1.165, 1.54) is 0 Å². The Morgan fingerprint density at radius 1 is 1.40 bits per heavy atom. The number of carboxylic acids is 1. The predicted octanol–water partition coefficient (Wildman–Crippen LogP) is 2.92. The standard InChI is InChI=1S/C16H24N2O2/c1-10(2)8-18-6-5-14-12(9-18)7-13(16(19)20)15(17-14)11(3)4/h7,10-11H,5-6,8-9H2,1-4H3,(H,19,20). The van der Waals surface area contributed by atoms with Gasteiger partial charge < -0.3 is 5.11 Å². The quantitative estimate of drug-likeness (QED) is 0.918. The maximum absolute atomic E-state index is 11.4. The summed E-state index contributed by atoms with van der Waals surface area (Å²) in [7, 11) is 0. The number of aromatic nitrogens is 1. The first-order valence-electron chi connectivity index (χ1n) is 7.36. The molecule has 1 aliphatic rings. The van der Waals surface area contributed by atoms with Crippen LogP contribution >= 0.6 is 0 Å². The van der Waals surface area contributed by atoms with Crippen molar-refractivity contribution in [1.82, 2.24) is 9.88 Å². The van der Waals surface area contributed by atoms with Crippen molar-refractivity contribution >= 4 is 5.97 Å². The minimum absolute atomic E-state index is 0.139. The molecule has 0 saturated heterocycles. The molecule has 0 saturated carbocycles. The van der Waals surface area contributed by atoms with E-state index in [9.17, 15) is 9.90 Å². The highest BCUT2D eigenvalue weighted by Gasteiger charge is 2.23. The van der Waals surface area contributed by atoms with Gasteiger partial charge in [0.25, 0.3) is 0 Å². The molecule has 0 spiro atoms. The second-order valence-electron chi connectivity index (χ2n) is 6.37. The zero-order valence-corrected chi connectivity index (χ0v) is 12.8. The molecule has 1 aliphatic heterocycles. The molecule has 0 radical (unpaired) electrons. The highest BCUT2D eigenvalue weighted by Crippen LogP contribution is 2.25. The van der Waals surface area contributed by atoms with Gasteiger partial charge in [-0.1, -0.05) is 27.7 Å². The van der Waals surface area contributed by atoms with Crippen LogP contribution in [0, 0.1) is 5.92 Å². The number of nitrogens with zero attached hydrogens (tertiary/aromatic N) is 2. The van der Waals surface area contributed by atoms with Crippen molar-refractivity contribution in [2.45, 2.75) is 46.6 Å². The van der Waals surface area contributed by atoms with Gasteiger partial charge in [0.1, 0.15) is 0 Å². The van der Waals surface area contributed by atoms with Gasteiger partial charge in [0.05, 0.1) is 11.3 Å². The number of pyridine rings is 1. The lowest BCUT2D eigenvalue weighted by Crippen LogP contribution is -2.34. The molecule has 4 heteroatoms. The van der Waals surface area contributed by atoms with Gasteiger partial charge in [0.15, 0.2) is 0 Å². The van der Waals surface area contributed by atoms with Gasteiger partial charge in [-0.2, -0.15) is 0 Å². The van der Waals surface area contributed by atoms with E-state index < -0.39 is 5.97 Å². The summed E-state index contributed by atoms with van der Waals surface area (Å²) >= 11 is 0. The van der Waals surface area contributed by atoms with Crippen molar-refractivity contribution in [1.29, 1.82) is 0 Å². The van der Waals surface area contributed by atoms with E-state index in [1.807, 2.05) is 19.9 Å². The van der Waals surface area contributed by atoms with Crippen LogP contribution in [0.1, 0.15) is 60.9 Å². The molecule has 2 rings (SSSR count). The fourth-order valence-electron chi connectivity index (χ4n) is 2.83. The smallest absolute Gasteiger partial charge is 0.337 e. The Morgan fingerprint density at radius 3 is 2.65 bits per heavy atom. The lowest BCUT2D eigenvalue weighted by atomic mass is 9.97.